The molecule has 0 amide bonds. The van der Waals surface area contributed by atoms with E-state index in [0.717, 1.165) is 4.20 Å². The predicted molar refractivity (Wildman–Crippen MR) is 43.7 cm³/mol. The van der Waals surface area contributed by atoms with Gasteiger partial charge in [-0.3, -0.25) is 0 Å². The highest BCUT2D eigenvalue weighted by Gasteiger charge is 2.17. The van der Waals surface area contributed by atoms with Crippen molar-refractivity contribution < 1.29 is 0 Å². The minimum atomic E-state index is 0.208. The van der Waals surface area contributed by atoms with Crippen molar-refractivity contribution in [2.24, 2.45) is 0 Å². The second-order valence-corrected chi connectivity index (χ2v) is 4.56. The van der Waals surface area contributed by atoms with E-state index in [9.17, 15) is 0 Å². The Balaban J connectivity index is 2.48. The monoisotopic (exact) mass is 169 g/mol. The maximum absolute atomic E-state index is 4.84. The van der Waals surface area contributed by atoms with Crippen molar-refractivity contribution in [2.45, 2.75) is 4.58 Å². The van der Waals surface area contributed by atoms with Gasteiger partial charge >= 0.3 is 0 Å². The Hall–Kier alpha value is 1.10. The Morgan fingerprint density at radius 2 is 2.57 bits per heavy atom. The Kier molecular flexibility index (Phi) is 2.30. The Morgan fingerprint density at radius 1 is 1.86 bits per heavy atom. The Labute approximate surface area is 61.7 Å². The van der Waals surface area contributed by atoms with Crippen LogP contribution in [0.1, 0.15) is 0 Å². The molecule has 1 heterocycles. The summed E-state index contributed by atoms with van der Waals surface area (Å²) in [6, 6.07) is 0. The number of thiol groups is 1. The van der Waals surface area contributed by atoms with Gasteiger partial charge in [-0.1, -0.05) is 24.2 Å². The lowest BCUT2D eigenvalue weighted by molar-refractivity contribution is 1.77. The second-order valence-electron chi connectivity index (χ2n) is 0.975. The molecule has 0 aromatic carbocycles. The minimum Gasteiger partial charge on any atom is -0.202 e. The van der Waals surface area contributed by atoms with E-state index in [2.05, 4.69) is 16.8 Å². The van der Waals surface area contributed by atoms with Crippen LogP contribution in [0.2, 0.25) is 0 Å². The zero-order chi connectivity index (χ0) is 5.28. The summed E-state index contributed by atoms with van der Waals surface area (Å²) < 4.78 is 4.07. The van der Waals surface area contributed by atoms with Crippen molar-refractivity contribution in [1.29, 1.82) is 0 Å². The fourth-order valence-electron chi connectivity index (χ4n) is 0.209. The summed E-state index contributed by atoms with van der Waals surface area (Å²) in [7, 11) is 0. The van der Waals surface area contributed by atoms with E-state index in [1.54, 1.807) is 11.9 Å². The number of hydrogen-bond donors (Lipinski definition) is 2. The van der Waals surface area contributed by atoms with Crippen molar-refractivity contribution >= 4 is 52.9 Å². The van der Waals surface area contributed by atoms with Gasteiger partial charge in [-0.05, 0) is 11.9 Å². The van der Waals surface area contributed by atoms with Crippen LogP contribution in [0.4, 0.5) is 0 Å². The predicted octanol–water partition coefficient (Wildman–Crippen LogP) is 1.47. The van der Waals surface area contributed by atoms with Gasteiger partial charge in [0.1, 0.15) is 4.58 Å². The first-order valence-electron chi connectivity index (χ1n) is 1.60. The van der Waals surface area contributed by atoms with Crippen LogP contribution in [0.15, 0.2) is 0 Å². The summed E-state index contributed by atoms with van der Waals surface area (Å²) in [6.45, 7) is 0. The van der Waals surface area contributed by atoms with Gasteiger partial charge in [0.05, 0.1) is 4.20 Å². The molecule has 1 nitrogen and oxygen atoms in total. The van der Waals surface area contributed by atoms with Gasteiger partial charge in [0, 0.05) is 0 Å². The van der Waals surface area contributed by atoms with Crippen LogP contribution in [0, 0.1) is 0 Å². The molecule has 1 rings (SSSR count). The lowest BCUT2D eigenvalue weighted by atomic mass is 10.9. The van der Waals surface area contributed by atoms with Crippen molar-refractivity contribution in [3.63, 3.8) is 0 Å². The number of thiocarbonyl (C=S) groups is 1. The molecule has 0 aliphatic carbocycles. The van der Waals surface area contributed by atoms with E-state index in [1.807, 2.05) is 0 Å². The molecule has 1 atom stereocenters. The van der Waals surface area contributed by atoms with Crippen molar-refractivity contribution in [3.05, 3.63) is 0 Å². The van der Waals surface area contributed by atoms with Crippen LogP contribution in [0.3, 0.4) is 0 Å². The molecule has 5 heteroatoms. The molecule has 1 saturated heterocycles. The van der Waals surface area contributed by atoms with Gasteiger partial charge in [0.2, 0.25) is 0 Å². The lowest BCUT2D eigenvalue weighted by Crippen LogP contribution is -1.92. The molecule has 0 bridgehead atoms. The first kappa shape index (κ1) is 6.22. The number of rotatable bonds is 0. The summed E-state index contributed by atoms with van der Waals surface area (Å²) in [5.41, 5.74) is 0. The first-order chi connectivity index (χ1) is 3.30. The van der Waals surface area contributed by atoms with Gasteiger partial charge < -0.3 is 0 Å². The molecule has 7 heavy (non-hydrogen) atoms. The maximum atomic E-state index is 4.84. The van der Waals surface area contributed by atoms with Crippen LogP contribution >= 0.6 is 48.7 Å². The summed E-state index contributed by atoms with van der Waals surface area (Å²) in [6.07, 6.45) is 0. The van der Waals surface area contributed by atoms with Crippen molar-refractivity contribution in [1.82, 2.24) is 4.13 Å². The average Bonchev–Trinajstić information content (AvgIpc) is 1.91. The second kappa shape index (κ2) is 2.59. The topological polar surface area (TPSA) is 12.0 Å². The summed E-state index contributed by atoms with van der Waals surface area (Å²) >= 11 is 12.0. The fourth-order valence-corrected chi connectivity index (χ4v) is 2.58. The fraction of sp³-hybridized carbons (Fsp3) is 0.500. The molecule has 0 spiro atoms. The van der Waals surface area contributed by atoms with E-state index in [1.165, 1.54) is 11.9 Å². The summed E-state index contributed by atoms with van der Waals surface area (Å²) in [5.74, 6) is 0. The third kappa shape index (κ3) is 1.50. The molecule has 1 aliphatic rings. The first-order valence-corrected chi connectivity index (χ1v) is 4.22. The van der Waals surface area contributed by atoms with Crippen molar-refractivity contribution in [3.8, 4) is 0 Å². The lowest BCUT2D eigenvalue weighted by Gasteiger charge is -1.89. The number of hydrogen-bond acceptors (Lipinski definition) is 5. The molecule has 0 radical (unpaired) electrons. The van der Waals surface area contributed by atoms with Crippen LogP contribution in [0.25, 0.3) is 0 Å². The quantitative estimate of drug-likeness (QED) is 0.323. The molecule has 0 aromatic heterocycles. The van der Waals surface area contributed by atoms with Crippen LogP contribution in [-0.2, 0) is 0 Å². The van der Waals surface area contributed by atoms with E-state index in [4.69, 9.17) is 12.2 Å². The molecule has 1 N–H and O–H groups in total. The van der Waals surface area contributed by atoms with Crippen LogP contribution in [0.5, 0.6) is 0 Å². The van der Waals surface area contributed by atoms with Gasteiger partial charge in [0.15, 0.2) is 0 Å². The minimum absolute atomic E-state index is 0.208. The smallest absolute Gasteiger partial charge is 0.105 e. The van der Waals surface area contributed by atoms with E-state index < -0.39 is 0 Å². The van der Waals surface area contributed by atoms with E-state index in [-0.39, 0.29) is 4.58 Å². The van der Waals surface area contributed by atoms with Crippen LogP contribution < -0.4 is 4.13 Å². The summed E-state index contributed by atoms with van der Waals surface area (Å²) in [4.78, 5) is 0. The average molecular weight is 169 g/mol. The maximum Gasteiger partial charge on any atom is 0.105 e. The van der Waals surface area contributed by atoms with Gasteiger partial charge in [0.25, 0.3) is 0 Å². The molecular formula is C2H3NS4. The highest BCUT2D eigenvalue weighted by atomic mass is 32.2. The summed E-state index contributed by atoms with van der Waals surface area (Å²) in [5, 5.41) is 0. The molecule has 1 unspecified atom stereocenters. The molecule has 1 fully saturated rings. The van der Waals surface area contributed by atoms with E-state index in [0.29, 0.717) is 0 Å². The molecular weight excluding hydrogens is 166 g/mol. The zero-order valence-corrected chi connectivity index (χ0v) is 6.59. The van der Waals surface area contributed by atoms with Crippen LogP contribution in [-0.4, -0.2) is 8.78 Å². The largest absolute Gasteiger partial charge is 0.202 e. The van der Waals surface area contributed by atoms with Gasteiger partial charge in [-0.2, -0.15) is 12.6 Å². The Bertz CT molecular complexity index is 91.7. The molecule has 0 aromatic rings. The third-order valence-electron chi connectivity index (χ3n) is 0.504. The number of nitrogens with one attached hydrogen (secondary N) is 1. The zero-order valence-electron chi connectivity index (χ0n) is 3.25. The highest BCUT2D eigenvalue weighted by molar-refractivity contribution is 8.35. The van der Waals surface area contributed by atoms with Crippen molar-refractivity contribution in [2.75, 3.05) is 0 Å². The Morgan fingerprint density at radius 3 is 2.71 bits per heavy atom. The molecule has 40 valence electrons. The highest BCUT2D eigenvalue weighted by Crippen LogP contribution is 2.28. The molecule has 1 aliphatic heterocycles. The van der Waals surface area contributed by atoms with Gasteiger partial charge in [-0.25, -0.2) is 4.13 Å². The third-order valence-corrected chi connectivity index (χ3v) is 3.83. The molecule has 0 saturated carbocycles. The standard InChI is InChI=1S/C2H3NS4/c4-1-2(5)7-3-6-1/h1,3-4H. The SMILES string of the molecule is S=C1SNSC1S. The normalized spacial score (nSPS) is 31.6. The van der Waals surface area contributed by atoms with Gasteiger partial charge in [-0.15, -0.1) is 0 Å². The van der Waals surface area contributed by atoms with E-state index >= 15 is 0 Å².